The number of rotatable bonds is 13. The van der Waals surface area contributed by atoms with Crippen molar-refractivity contribution >= 4 is 18.2 Å². The Hall–Kier alpha value is -1.47. The molecule has 2 fully saturated rings. The monoisotopic (exact) mass is 426 g/mol. The molecule has 1 saturated heterocycles. The average molecular weight is 427 g/mol. The van der Waals surface area contributed by atoms with Crippen molar-refractivity contribution in [3.05, 3.63) is 0 Å². The Morgan fingerprint density at radius 3 is 2.47 bits per heavy atom. The summed E-state index contributed by atoms with van der Waals surface area (Å²) in [6.07, 6.45) is 10.6. The van der Waals surface area contributed by atoms with E-state index in [0.717, 1.165) is 70.7 Å². The molecule has 7 heteroatoms. The number of ether oxygens (including phenoxy) is 4. The molecule has 0 amide bonds. The number of carbonyl (C=O) groups is 3. The highest BCUT2D eigenvalue weighted by Gasteiger charge is 2.45. The Morgan fingerprint density at radius 2 is 1.80 bits per heavy atom. The Bertz CT molecular complexity index is 530. The van der Waals surface area contributed by atoms with Crippen LogP contribution in [0.1, 0.15) is 84.0 Å². The molecule has 172 valence electrons. The molecule has 1 heterocycles. The van der Waals surface area contributed by atoms with Crippen LogP contribution in [-0.4, -0.2) is 50.4 Å². The molecule has 1 aliphatic heterocycles. The number of carbonyl (C=O) groups excluding carboxylic acids is 3. The van der Waals surface area contributed by atoms with Gasteiger partial charge >= 0.3 is 11.9 Å². The number of aldehydes is 1. The van der Waals surface area contributed by atoms with Crippen molar-refractivity contribution in [2.24, 2.45) is 11.8 Å². The quantitative estimate of drug-likeness (QED) is 0.250. The Labute approximate surface area is 180 Å². The summed E-state index contributed by atoms with van der Waals surface area (Å²) in [7, 11) is 1.41. The van der Waals surface area contributed by atoms with Crippen molar-refractivity contribution in [3.8, 4) is 0 Å². The first-order valence-corrected chi connectivity index (χ1v) is 11.5. The van der Waals surface area contributed by atoms with Crippen LogP contribution < -0.4 is 0 Å². The fraction of sp³-hybridized carbons (Fsp3) is 0.870. The van der Waals surface area contributed by atoms with E-state index in [4.69, 9.17) is 14.2 Å². The molecular weight excluding hydrogens is 388 g/mol. The second kappa shape index (κ2) is 13.8. The van der Waals surface area contributed by atoms with E-state index in [-0.39, 0.29) is 42.3 Å². The van der Waals surface area contributed by atoms with E-state index >= 15 is 0 Å². The molecule has 0 aromatic rings. The number of hydrogen-bond acceptors (Lipinski definition) is 7. The molecule has 1 unspecified atom stereocenters. The molecule has 0 aromatic carbocycles. The van der Waals surface area contributed by atoms with E-state index < -0.39 is 0 Å². The summed E-state index contributed by atoms with van der Waals surface area (Å²) >= 11 is 0. The number of unbranched alkanes of at least 4 members (excludes halogenated alkanes) is 3. The van der Waals surface area contributed by atoms with E-state index in [9.17, 15) is 14.4 Å². The van der Waals surface area contributed by atoms with Gasteiger partial charge in [-0.05, 0) is 44.4 Å². The average Bonchev–Trinajstić information content (AvgIpc) is 3.04. The molecular formula is C23H38O7. The smallest absolute Gasteiger partial charge is 0.305 e. The molecule has 7 nitrogen and oxygen atoms in total. The van der Waals surface area contributed by atoms with Crippen LogP contribution in [0.4, 0.5) is 0 Å². The van der Waals surface area contributed by atoms with Crippen molar-refractivity contribution < 1.29 is 33.3 Å². The Morgan fingerprint density at radius 1 is 1.03 bits per heavy atom. The highest BCUT2D eigenvalue weighted by molar-refractivity contribution is 5.69. The van der Waals surface area contributed by atoms with Crippen LogP contribution >= 0.6 is 0 Å². The Balaban J connectivity index is 1.92. The van der Waals surface area contributed by atoms with Gasteiger partial charge in [-0.3, -0.25) is 9.59 Å². The lowest BCUT2D eigenvalue weighted by Gasteiger charge is -2.30. The van der Waals surface area contributed by atoms with Gasteiger partial charge in [0.25, 0.3) is 0 Å². The summed E-state index contributed by atoms with van der Waals surface area (Å²) in [5.41, 5.74) is 0. The predicted molar refractivity (Wildman–Crippen MR) is 111 cm³/mol. The highest BCUT2D eigenvalue weighted by atomic mass is 16.7. The molecule has 2 rings (SSSR count). The lowest BCUT2D eigenvalue weighted by Crippen LogP contribution is -2.31. The topological polar surface area (TPSA) is 88.1 Å². The fourth-order valence-corrected chi connectivity index (χ4v) is 4.81. The third kappa shape index (κ3) is 8.34. The summed E-state index contributed by atoms with van der Waals surface area (Å²) < 4.78 is 22.4. The van der Waals surface area contributed by atoms with Crippen molar-refractivity contribution in [1.29, 1.82) is 0 Å². The van der Waals surface area contributed by atoms with E-state index in [1.807, 2.05) is 0 Å². The van der Waals surface area contributed by atoms with Gasteiger partial charge in [-0.15, -0.1) is 0 Å². The third-order valence-corrected chi connectivity index (χ3v) is 6.27. The van der Waals surface area contributed by atoms with E-state index in [0.29, 0.717) is 19.3 Å². The normalized spacial score (nSPS) is 28.8. The number of hydrogen-bond donors (Lipinski definition) is 0. The van der Waals surface area contributed by atoms with Gasteiger partial charge < -0.3 is 23.7 Å². The van der Waals surface area contributed by atoms with Gasteiger partial charge in [-0.25, -0.2) is 0 Å². The zero-order chi connectivity index (χ0) is 21.8. The van der Waals surface area contributed by atoms with Gasteiger partial charge in [-0.1, -0.05) is 19.3 Å². The van der Waals surface area contributed by atoms with E-state index in [1.54, 1.807) is 0 Å². The summed E-state index contributed by atoms with van der Waals surface area (Å²) in [5.74, 6) is -0.0745. The first-order valence-electron chi connectivity index (χ1n) is 11.5. The van der Waals surface area contributed by atoms with Crippen LogP contribution in [0.2, 0.25) is 0 Å². The molecule has 0 radical (unpaired) electrons. The lowest BCUT2D eigenvalue weighted by molar-refractivity contribution is -0.196. The van der Waals surface area contributed by atoms with Crippen molar-refractivity contribution in [1.82, 2.24) is 0 Å². The molecule has 0 aromatic heterocycles. The first kappa shape index (κ1) is 24.8. The summed E-state index contributed by atoms with van der Waals surface area (Å²) in [5, 5.41) is 0. The predicted octanol–water partition coefficient (Wildman–Crippen LogP) is 3.96. The van der Waals surface area contributed by atoms with Gasteiger partial charge in [0.2, 0.25) is 0 Å². The van der Waals surface area contributed by atoms with E-state index in [1.165, 1.54) is 14.0 Å². The third-order valence-electron chi connectivity index (χ3n) is 6.27. The van der Waals surface area contributed by atoms with Crippen molar-refractivity contribution in [2.75, 3.05) is 13.7 Å². The number of methoxy groups -OCH3 is 1. The SMILES string of the molecule is COC(=O)CCCCCC[C@H]1[C@H](CCC=O)[C@@H](OC2CCCCO2)C[C@H]1OC(C)=O. The minimum absolute atomic E-state index is 0.0540. The van der Waals surface area contributed by atoms with Crippen LogP contribution in [0.3, 0.4) is 0 Å². The van der Waals surface area contributed by atoms with Crippen LogP contribution in [-0.2, 0) is 33.3 Å². The molecule has 1 aliphatic carbocycles. The zero-order valence-corrected chi connectivity index (χ0v) is 18.5. The molecule has 2 aliphatic rings. The molecule has 5 atom stereocenters. The van der Waals surface area contributed by atoms with Gasteiger partial charge in [0.05, 0.1) is 13.2 Å². The van der Waals surface area contributed by atoms with Crippen molar-refractivity contribution in [2.45, 2.75) is 102 Å². The Kier molecular flexibility index (Phi) is 11.4. The molecule has 0 bridgehead atoms. The second-order valence-corrected chi connectivity index (χ2v) is 8.45. The zero-order valence-electron chi connectivity index (χ0n) is 18.5. The van der Waals surface area contributed by atoms with Crippen LogP contribution in [0, 0.1) is 11.8 Å². The minimum Gasteiger partial charge on any atom is -0.469 e. The summed E-state index contributed by atoms with van der Waals surface area (Å²) in [4.78, 5) is 33.9. The van der Waals surface area contributed by atoms with Gasteiger partial charge in [0.1, 0.15) is 12.4 Å². The molecule has 30 heavy (non-hydrogen) atoms. The minimum atomic E-state index is -0.271. The van der Waals surface area contributed by atoms with Crippen LogP contribution in [0.25, 0.3) is 0 Å². The van der Waals surface area contributed by atoms with E-state index in [2.05, 4.69) is 4.74 Å². The lowest BCUT2D eigenvalue weighted by atomic mass is 9.85. The van der Waals surface area contributed by atoms with Gasteiger partial charge in [0, 0.05) is 38.7 Å². The molecule has 0 spiro atoms. The maximum atomic E-state index is 11.7. The van der Waals surface area contributed by atoms with Gasteiger partial charge in [-0.2, -0.15) is 0 Å². The fourth-order valence-electron chi connectivity index (χ4n) is 4.81. The first-order chi connectivity index (χ1) is 14.5. The largest absolute Gasteiger partial charge is 0.469 e. The molecule has 0 N–H and O–H groups in total. The van der Waals surface area contributed by atoms with Crippen LogP contribution in [0.15, 0.2) is 0 Å². The van der Waals surface area contributed by atoms with Crippen LogP contribution in [0.5, 0.6) is 0 Å². The summed E-state index contributed by atoms with van der Waals surface area (Å²) in [6.45, 7) is 2.17. The standard InChI is InChI=1S/C23H38O7/c1-17(25)29-20-16-21(30-23-13-7-8-15-28-23)19(11-9-14-24)18(20)10-5-3-4-6-12-22(26)27-2/h14,18-21,23H,3-13,15-16H2,1-2H3/t18-,19-,20+,21-,23?/m0/s1. The van der Waals surface area contributed by atoms with Crippen molar-refractivity contribution in [3.63, 3.8) is 0 Å². The van der Waals surface area contributed by atoms with Gasteiger partial charge in [0.15, 0.2) is 6.29 Å². The maximum Gasteiger partial charge on any atom is 0.305 e. The second-order valence-electron chi connectivity index (χ2n) is 8.45. The highest BCUT2D eigenvalue weighted by Crippen LogP contribution is 2.43. The maximum absolute atomic E-state index is 11.7. The number of esters is 2. The summed E-state index contributed by atoms with van der Waals surface area (Å²) in [6, 6.07) is 0. The molecule has 1 saturated carbocycles.